The number of methoxy groups -OCH3 is 2. The summed E-state index contributed by atoms with van der Waals surface area (Å²) in [4.78, 5) is 16.3. The van der Waals surface area contributed by atoms with E-state index in [1.165, 1.54) is 17.4 Å². The van der Waals surface area contributed by atoms with Crippen molar-refractivity contribution in [2.45, 2.75) is 19.8 Å². The Kier molecular flexibility index (Phi) is 5.76. The van der Waals surface area contributed by atoms with E-state index in [1.54, 1.807) is 26.4 Å². The number of rotatable bonds is 6. The molecule has 0 spiro atoms. The van der Waals surface area contributed by atoms with Crippen LogP contribution in [0.2, 0.25) is 0 Å². The molecular weight excluding hydrogens is 312 g/mol. The van der Waals surface area contributed by atoms with Gasteiger partial charge in [-0.25, -0.2) is 4.98 Å². The van der Waals surface area contributed by atoms with Gasteiger partial charge in [-0.05, 0) is 29.7 Å². The lowest BCUT2D eigenvalue weighted by molar-refractivity contribution is -0.111. The summed E-state index contributed by atoms with van der Waals surface area (Å²) >= 11 is 1.43. The summed E-state index contributed by atoms with van der Waals surface area (Å²) in [6.07, 6.45) is 3.19. The van der Waals surface area contributed by atoms with Gasteiger partial charge in [-0.15, -0.1) is 11.3 Å². The highest BCUT2D eigenvalue weighted by molar-refractivity contribution is 7.14. The average Bonchev–Trinajstić information content (AvgIpc) is 3.01. The molecule has 0 bridgehead atoms. The van der Waals surface area contributed by atoms with Crippen molar-refractivity contribution >= 4 is 28.5 Å². The minimum absolute atomic E-state index is 0.218. The van der Waals surface area contributed by atoms with Crippen LogP contribution in [-0.2, 0) is 4.79 Å². The van der Waals surface area contributed by atoms with Gasteiger partial charge in [0.15, 0.2) is 16.6 Å². The zero-order valence-electron chi connectivity index (χ0n) is 13.6. The van der Waals surface area contributed by atoms with E-state index in [2.05, 4.69) is 24.1 Å². The number of nitrogens with one attached hydrogen (secondary N) is 1. The van der Waals surface area contributed by atoms with E-state index >= 15 is 0 Å². The third-order valence-corrected chi connectivity index (χ3v) is 3.95. The van der Waals surface area contributed by atoms with E-state index < -0.39 is 0 Å². The van der Waals surface area contributed by atoms with Crippen molar-refractivity contribution in [2.75, 3.05) is 19.5 Å². The first-order chi connectivity index (χ1) is 11.0. The first kappa shape index (κ1) is 17.0. The maximum atomic E-state index is 12.0. The van der Waals surface area contributed by atoms with Crippen LogP contribution in [0.1, 0.15) is 31.0 Å². The fourth-order valence-electron chi connectivity index (χ4n) is 1.88. The van der Waals surface area contributed by atoms with E-state index in [0.29, 0.717) is 22.5 Å². The van der Waals surface area contributed by atoms with Gasteiger partial charge >= 0.3 is 0 Å². The molecule has 6 heteroatoms. The van der Waals surface area contributed by atoms with E-state index in [4.69, 9.17) is 9.47 Å². The summed E-state index contributed by atoms with van der Waals surface area (Å²) in [7, 11) is 3.16. The Morgan fingerprint density at radius 2 is 2.00 bits per heavy atom. The molecule has 0 saturated heterocycles. The van der Waals surface area contributed by atoms with E-state index in [-0.39, 0.29) is 5.91 Å². The van der Waals surface area contributed by atoms with Gasteiger partial charge in [0.25, 0.3) is 0 Å². The molecule has 23 heavy (non-hydrogen) atoms. The summed E-state index contributed by atoms with van der Waals surface area (Å²) in [5.41, 5.74) is 1.83. The van der Waals surface area contributed by atoms with E-state index in [1.807, 2.05) is 17.5 Å². The van der Waals surface area contributed by atoms with E-state index in [0.717, 1.165) is 11.3 Å². The van der Waals surface area contributed by atoms with Crippen molar-refractivity contribution < 1.29 is 14.3 Å². The highest BCUT2D eigenvalue weighted by Gasteiger charge is 2.07. The quantitative estimate of drug-likeness (QED) is 0.814. The number of carbonyl (C=O) groups excluding carboxylic acids is 1. The number of hydrogen-bond donors (Lipinski definition) is 1. The Morgan fingerprint density at radius 3 is 2.61 bits per heavy atom. The zero-order chi connectivity index (χ0) is 16.8. The SMILES string of the molecule is COc1ccc(/C=C/C(=O)Nc2nc(C(C)C)cs2)cc1OC. The first-order valence-corrected chi connectivity index (χ1v) is 8.08. The molecule has 0 aliphatic rings. The number of thiazole rings is 1. The Morgan fingerprint density at radius 1 is 1.26 bits per heavy atom. The number of ether oxygens (including phenoxy) is 2. The Balaban J connectivity index is 2.02. The average molecular weight is 332 g/mol. The van der Waals surface area contributed by atoms with Crippen molar-refractivity contribution in [1.29, 1.82) is 0 Å². The molecule has 0 unspecified atom stereocenters. The third-order valence-electron chi connectivity index (χ3n) is 3.18. The van der Waals surface area contributed by atoms with Gasteiger partial charge in [0.05, 0.1) is 19.9 Å². The van der Waals surface area contributed by atoms with Crippen LogP contribution in [0.5, 0.6) is 11.5 Å². The molecule has 0 atom stereocenters. The van der Waals surface area contributed by atoms with Crippen LogP contribution in [0, 0.1) is 0 Å². The number of nitrogens with zero attached hydrogens (tertiary/aromatic N) is 1. The lowest BCUT2D eigenvalue weighted by atomic mass is 10.2. The number of aromatic nitrogens is 1. The molecule has 1 N–H and O–H groups in total. The molecule has 1 heterocycles. The Hall–Kier alpha value is -2.34. The second-order valence-electron chi connectivity index (χ2n) is 5.17. The Labute approximate surface area is 140 Å². The van der Waals surface area contributed by atoms with Crippen LogP contribution < -0.4 is 14.8 Å². The highest BCUT2D eigenvalue weighted by atomic mass is 32.1. The van der Waals surface area contributed by atoms with Crippen molar-refractivity contribution in [3.05, 3.63) is 40.9 Å². The standard InChI is InChI=1S/C17H20N2O3S/c1-11(2)13-10-23-17(18-13)19-16(20)8-6-12-5-7-14(21-3)15(9-12)22-4/h5-11H,1-4H3,(H,18,19,20)/b8-6+. The van der Waals surface area contributed by atoms with Gasteiger partial charge in [0.2, 0.25) is 5.91 Å². The van der Waals surface area contributed by atoms with Gasteiger partial charge in [0, 0.05) is 11.5 Å². The molecule has 0 radical (unpaired) electrons. The predicted octanol–water partition coefficient (Wildman–Crippen LogP) is 3.94. The molecule has 1 aromatic carbocycles. The number of carbonyl (C=O) groups is 1. The summed E-state index contributed by atoms with van der Waals surface area (Å²) in [5, 5.41) is 5.33. The summed E-state index contributed by atoms with van der Waals surface area (Å²) < 4.78 is 10.4. The molecule has 1 aromatic heterocycles. The normalized spacial score (nSPS) is 11.0. The van der Waals surface area contributed by atoms with Gasteiger partial charge in [-0.2, -0.15) is 0 Å². The molecule has 2 rings (SSSR count). The molecule has 2 aromatic rings. The predicted molar refractivity (Wildman–Crippen MR) is 93.4 cm³/mol. The van der Waals surface area contributed by atoms with Gasteiger partial charge in [-0.3, -0.25) is 10.1 Å². The van der Waals surface area contributed by atoms with Gasteiger partial charge < -0.3 is 9.47 Å². The first-order valence-electron chi connectivity index (χ1n) is 7.20. The number of amides is 1. The minimum atomic E-state index is -0.218. The molecule has 122 valence electrons. The van der Waals surface area contributed by atoms with Gasteiger partial charge in [-0.1, -0.05) is 19.9 Å². The lowest BCUT2D eigenvalue weighted by Gasteiger charge is -2.07. The van der Waals surface area contributed by atoms with Crippen molar-refractivity contribution in [1.82, 2.24) is 4.98 Å². The van der Waals surface area contributed by atoms with Crippen LogP contribution >= 0.6 is 11.3 Å². The van der Waals surface area contributed by atoms with Crippen LogP contribution in [0.3, 0.4) is 0 Å². The second-order valence-corrected chi connectivity index (χ2v) is 6.03. The van der Waals surface area contributed by atoms with Crippen molar-refractivity contribution in [3.8, 4) is 11.5 Å². The summed E-state index contributed by atoms with van der Waals surface area (Å²) in [5.74, 6) is 1.40. The number of benzene rings is 1. The minimum Gasteiger partial charge on any atom is -0.493 e. The monoisotopic (exact) mass is 332 g/mol. The smallest absolute Gasteiger partial charge is 0.250 e. The fourth-order valence-corrected chi connectivity index (χ4v) is 2.76. The van der Waals surface area contributed by atoms with Crippen LogP contribution in [0.25, 0.3) is 6.08 Å². The molecule has 5 nitrogen and oxygen atoms in total. The molecule has 0 fully saturated rings. The zero-order valence-corrected chi connectivity index (χ0v) is 14.4. The van der Waals surface area contributed by atoms with Crippen LogP contribution in [0.4, 0.5) is 5.13 Å². The van der Waals surface area contributed by atoms with Crippen LogP contribution in [0.15, 0.2) is 29.7 Å². The second kappa shape index (κ2) is 7.78. The number of anilines is 1. The summed E-state index contributed by atoms with van der Waals surface area (Å²) in [6, 6.07) is 5.46. The molecule has 0 aliphatic carbocycles. The Bertz CT molecular complexity index is 708. The maximum absolute atomic E-state index is 12.0. The molecular formula is C17H20N2O3S. The van der Waals surface area contributed by atoms with Gasteiger partial charge in [0.1, 0.15) is 0 Å². The number of hydrogen-bond acceptors (Lipinski definition) is 5. The lowest BCUT2D eigenvalue weighted by Crippen LogP contribution is -2.07. The summed E-state index contributed by atoms with van der Waals surface area (Å²) in [6.45, 7) is 4.13. The van der Waals surface area contributed by atoms with Crippen LogP contribution in [-0.4, -0.2) is 25.1 Å². The molecule has 0 saturated carbocycles. The maximum Gasteiger partial charge on any atom is 0.250 e. The van der Waals surface area contributed by atoms with E-state index in [9.17, 15) is 4.79 Å². The third kappa shape index (κ3) is 4.56. The molecule has 1 amide bonds. The fraction of sp³-hybridized carbons (Fsp3) is 0.294. The van der Waals surface area contributed by atoms with Crippen molar-refractivity contribution in [2.24, 2.45) is 0 Å². The van der Waals surface area contributed by atoms with Crippen molar-refractivity contribution in [3.63, 3.8) is 0 Å². The largest absolute Gasteiger partial charge is 0.493 e. The molecule has 0 aliphatic heterocycles. The topological polar surface area (TPSA) is 60.5 Å². The highest BCUT2D eigenvalue weighted by Crippen LogP contribution is 2.28.